The molecule has 0 radical (unpaired) electrons. The van der Waals surface area contributed by atoms with E-state index in [4.69, 9.17) is 11.5 Å². The van der Waals surface area contributed by atoms with Crippen molar-refractivity contribution >= 4 is 5.69 Å². The smallest absolute Gasteiger partial charge is 0.0343 e. The van der Waals surface area contributed by atoms with Gasteiger partial charge in [0.05, 0.1) is 0 Å². The molecule has 0 spiro atoms. The van der Waals surface area contributed by atoms with E-state index in [1.165, 1.54) is 0 Å². The van der Waals surface area contributed by atoms with Crippen LogP contribution in [0.3, 0.4) is 0 Å². The van der Waals surface area contributed by atoms with Gasteiger partial charge in [0.1, 0.15) is 0 Å². The quantitative estimate of drug-likeness (QED) is 0.609. The minimum absolute atomic E-state index is 0.581. The van der Waals surface area contributed by atoms with E-state index in [0.717, 1.165) is 17.8 Å². The van der Waals surface area contributed by atoms with E-state index in [9.17, 15) is 0 Å². The Balaban J connectivity index is 2.60. The Morgan fingerprint density at radius 3 is 2.75 bits per heavy atom. The summed E-state index contributed by atoms with van der Waals surface area (Å²) >= 11 is 0. The van der Waals surface area contributed by atoms with E-state index in [1.807, 2.05) is 24.3 Å². The molecule has 66 valence electrons. The zero-order valence-corrected chi connectivity index (χ0v) is 7.09. The van der Waals surface area contributed by atoms with Gasteiger partial charge in [-0.25, -0.2) is 0 Å². The minimum Gasteiger partial charge on any atom is -0.384 e. The first kappa shape index (κ1) is 9.03. The first-order valence-electron chi connectivity index (χ1n) is 4.09. The molecule has 0 aromatic heterocycles. The minimum atomic E-state index is 0.581. The molecule has 0 aliphatic heterocycles. The Kier molecular flexibility index (Phi) is 3.57. The standard InChI is InChI=1S/C9H15N3/c10-4-5-12-9-3-1-2-8(6-9)7-11/h1-3,6,12H,4-5,7,10-11H2. The van der Waals surface area contributed by atoms with Crippen LogP contribution >= 0.6 is 0 Å². The third-order valence-electron chi connectivity index (χ3n) is 1.64. The van der Waals surface area contributed by atoms with Crippen LogP contribution in [0.4, 0.5) is 5.69 Å². The average Bonchev–Trinajstić information content (AvgIpc) is 2.15. The maximum absolute atomic E-state index is 5.49. The molecular formula is C9H15N3. The SMILES string of the molecule is NCCNc1cccc(CN)c1. The molecule has 5 N–H and O–H groups in total. The van der Waals surface area contributed by atoms with Crippen LogP contribution in [0.15, 0.2) is 24.3 Å². The highest BCUT2D eigenvalue weighted by molar-refractivity contribution is 5.45. The molecule has 12 heavy (non-hydrogen) atoms. The van der Waals surface area contributed by atoms with Crippen LogP contribution < -0.4 is 16.8 Å². The van der Waals surface area contributed by atoms with Gasteiger partial charge in [-0.05, 0) is 17.7 Å². The van der Waals surface area contributed by atoms with E-state index < -0.39 is 0 Å². The fourth-order valence-corrected chi connectivity index (χ4v) is 1.02. The summed E-state index contributed by atoms with van der Waals surface area (Å²) in [6.45, 7) is 2.03. The van der Waals surface area contributed by atoms with Gasteiger partial charge in [0.15, 0.2) is 0 Å². The average molecular weight is 165 g/mol. The molecule has 3 nitrogen and oxygen atoms in total. The molecule has 1 aromatic carbocycles. The predicted molar refractivity (Wildman–Crippen MR) is 51.9 cm³/mol. The Morgan fingerprint density at radius 1 is 1.25 bits per heavy atom. The maximum Gasteiger partial charge on any atom is 0.0343 e. The summed E-state index contributed by atoms with van der Waals surface area (Å²) in [5.41, 5.74) is 13.1. The number of nitrogens with one attached hydrogen (secondary N) is 1. The number of nitrogens with two attached hydrogens (primary N) is 2. The topological polar surface area (TPSA) is 64.1 Å². The van der Waals surface area contributed by atoms with E-state index in [-0.39, 0.29) is 0 Å². The molecule has 0 heterocycles. The molecule has 0 bridgehead atoms. The van der Waals surface area contributed by atoms with Crippen LogP contribution in [0.5, 0.6) is 0 Å². The Labute approximate surface area is 72.8 Å². The monoisotopic (exact) mass is 165 g/mol. The van der Waals surface area contributed by atoms with Gasteiger partial charge in [-0.1, -0.05) is 12.1 Å². The Bertz CT molecular complexity index is 235. The second-order valence-electron chi connectivity index (χ2n) is 2.62. The zero-order valence-electron chi connectivity index (χ0n) is 7.09. The number of hydrogen-bond donors (Lipinski definition) is 3. The summed E-state index contributed by atoms with van der Waals surface area (Å²) in [6.07, 6.45) is 0. The lowest BCUT2D eigenvalue weighted by Crippen LogP contribution is -2.13. The number of rotatable bonds is 4. The maximum atomic E-state index is 5.49. The second-order valence-corrected chi connectivity index (χ2v) is 2.62. The second kappa shape index (κ2) is 4.74. The first-order chi connectivity index (χ1) is 5.86. The normalized spacial score (nSPS) is 9.83. The molecule has 0 saturated carbocycles. The van der Waals surface area contributed by atoms with Crippen LogP contribution in [0.1, 0.15) is 5.56 Å². The van der Waals surface area contributed by atoms with Crippen molar-refractivity contribution in [2.24, 2.45) is 11.5 Å². The van der Waals surface area contributed by atoms with Crippen LogP contribution in [0, 0.1) is 0 Å². The zero-order chi connectivity index (χ0) is 8.81. The van der Waals surface area contributed by atoms with Gasteiger partial charge >= 0.3 is 0 Å². The van der Waals surface area contributed by atoms with Crippen molar-refractivity contribution in [1.29, 1.82) is 0 Å². The molecular weight excluding hydrogens is 150 g/mol. The fraction of sp³-hybridized carbons (Fsp3) is 0.333. The first-order valence-corrected chi connectivity index (χ1v) is 4.09. The van der Waals surface area contributed by atoms with Crippen LogP contribution in [0.25, 0.3) is 0 Å². The molecule has 0 aliphatic rings. The van der Waals surface area contributed by atoms with Crippen molar-refractivity contribution in [1.82, 2.24) is 0 Å². The third kappa shape index (κ3) is 2.53. The lowest BCUT2D eigenvalue weighted by molar-refractivity contribution is 1.02. The highest BCUT2D eigenvalue weighted by Gasteiger charge is 1.91. The van der Waals surface area contributed by atoms with E-state index >= 15 is 0 Å². The summed E-state index contributed by atoms with van der Waals surface area (Å²) < 4.78 is 0. The third-order valence-corrected chi connectivity index (χ3v) is 1.64. The summed E-state index contributed by atoms with van der Waals surface area (Å²) in [5, 5.41) is 3.19. The molecule has 0 saturated heterocycles. The molecule has 0 fully saturated rings. The summed E-state index contributed by atoms with van der Waals surface area (Å²) in [4.78, 5) is 0. The van der Waals surface area contributed by atoms with Crippen LogP contribution in [-0.2, 0) is 6.54 Å². The van der Waals surface area contributed by atoms with Gasteiger partial charge < -0.3 is 16.8 Å². The Morgan fingerprint density at radius 2 is 2.08 bits per heavy atom. The van der Waals surface area contributed by atoms with Crippen LogP contribution in [-0.4, -0.2) is 13.1 Å². The molecule has 1 aromatic rings. The largest absolute Gasteiger partial charge is 0.384 e. The Hall–Kier alpha value is -1.06. The predicted octanol–water partition coefficient (Wildman–Crippen LogP) is 0.516. The molecule has 0 aliphatic carbocycles. The lowest BCUT2D eigenvalue weighted by Gasteiger charge is -2.05. The van der Waals surface area contributed by atoms with Gasteiger partial charge in [0, 0.05) is 25.3 Å². The van der Waals surface area contributed by atoms with Crippen molar-refractivity contribution in [3.05, 3.63) is 29.8 Å². The molecule has 0 atom stereocenters. The fourth-order valence-electron chi connectivity index (χ4n) is 1.02. The van der Waals surface area contributed by atoms with Gasteiger partial charge in [-0.3, -0.25) is 0 Å². The highest BCUT2D eigenvalue weighted by Crippen LogP contribution is 2.08. The van der Waals surface area contributed by atoms with Crippen molar-refractivity contribution < 1.29 is 0 Å². The summed E-state index contributed by atoms with van der Waals surface area (Å²) in [5.74, 6) is 0. The number of benzene rings is 1. The molecule has 3 heteroatoms. The van der Waals surface area contributed by atoms with Gasteiger partial charge in [-0.15, -0.1) is 0 Å². The molecule has 0 amide bonds. The van der Waals surface area contributed by atoms with Crippen LogP contribution in [0.2, 0.25) is 0 Å². The van der Waals surface area contributed by atoms with Gasteiger partial charge in [0.2, 0.25) is 0 Å². The van der Waals surface area contributed by atoms with E-state index in [1.54, 1.807) is 0 Å². The van der Waals surface area contributed by atoms with Crippen molar-refractivity contribution in [2.75, 3.05) is 18.4 Å². The van der Waals surface area contributed by atoms with Crippen molar-refractivity contribution in [3.63, 3.8) is 0 Å². The van der Waals surface area contributed by atoms with Crippen molar-refractivity contribution in [3.8, 4) is 0 Å². The number of hydrogen-bond acceptors (Lipinski definition) is 3. The highest BCUT2D eigenvalue weighted by atomic mass is 14.9. The van der Waals surface area contributed by atoms with E-state index in [0.29, 0.717) is 13.1 Å². The lowest BCUT2D eigenvalue weighted by atomic mass is 10.2. The van der Waals surface area contributed by atoms with Gasteiger partial charge in [-0.2, -0.15) is 0 Å². The van der Waals surface area contributed by atoms with Crippen molar-refractivity contribution in [2.45, 2.75) is 6.54 Å². The molecule has 1 rings (SSSR count). The summed E-state index contributed by atoms with van der Waals surface area (Å²) in [6, 6.07) is 8.04. The molecule has 0 unspecified atom stereocenters. The van der Waals surface area contributed by atoms with Gasteiger partial charge in [0.25, 0.3) is 0 Å². The van der Waals surface area contributed by atoms with E-state index in [2.05, 4.69) is 5.32 Å². The number of anilines is 1. The summed E-state index contributed by atoms with van der Waals surface area (Å²) in [7, 11) is 0.